The van der Waals surface area contributed by atoms with Crippen molar-refractivity contribution in [2.24, 2.45) is 5.41 Å². The van der Waals surface area contributed by atoms with Crippen molar-refractivity contribution in [3.8, 4) is 0 Å². The first-order valence-electron chi connectivity index (χ1n) is 6.55. The zero-order chi connectivity index (χ0) is 12.0. The van der Waals surface area contributed by atoms with Crippen molar-refractivity contribution in [1.29, 1.82) is 0 Å². The zero-order valence-electron chi connectivity index (χ0n) is 10.6. The first-order valence-corrected chi connectivity index (χ1v) is 6.55. The third kappa shape index (κ3) is 3.78. The lowest BCUT2D eigenvalue weighted by Crippen LogP contribution is -2.42. The zero-order valence-corrected chi connectivity index (χ0v) is 10.6. The molecule has 0 amide bonds. The summed E-state index contributed by atoms with van der Waals surface area (Å²) >= 11 is 0. The van der Waals surface area contributed by atoms with E-state index < -0.39 is 11.4 Å². The summed E-state index contributed by atoms with van der Waals surface area (Å²) in [6.45, 7) is 4.38. The molecule has 0 aliphatic heterocycles. The average Bonchev–Trinajstić information content (AvgIpc) is 2.54. The summed E-state index contributed by atoms with van der Waals surface area (Å²) in [5.41, 5.74) is -0.605. The van der Waals surface area contributed by atoms with Crippen LogP contribution in [0.15, 0.2) is 0 Å². The summed E-state index contributed by atoms with van der Waals surface area (Å²) in [7, 11) is 0. The SMILES string of the molecule is CCC(C)(CNC1CCCCCC1)C(=O)O. The molecule has 16 heavy (non-hydrogen) atoms. The van der Waals surface area contributed by atoms with Gasteiger partial charge in [-0.3, -0.25) is 4.79 Å². The minimum atomic E-state index is -0.684. The molecule has 1 atom stereocenters. The Labute approximate surface area is 98.6 Å². The van der Waals surface area contributed by atoms with Crippen molar-refractivity contribution in [3.05, 3.63) is 0 Å². The van der Waals surface area contributed by atoms with Gasteiger partial charge >= 0.3 is 5.97 Å². The topological polar surface area (TPSA) is 49.3 Å². The van der Waals surface area contributed by atoms with Crippen LogP contribution < -0.4 is 5.32 Å². The van der Waals surface area contributed by atoms with E-state index in [0.717, 1.165) is 0 Å². The van der Waals surface area contributed by atoms with Crippen LogP contribution in [0.5, 0.6) is 0 Å². The fraction of sp³-hybridized carbons (Fsp3) is 0.923. The molecule has 0 spiro atoms. The van der Waals surface area contributed by atoms with E-state index in [-0.39, 0.29) is 0 Å². The van der Waals surface area contributed by atoms with Gasteiger partial charge in [-0.25, -0.2) is 0 Å². The van der Waals surface area contributed by atoms with Crippen LogP contribution in [0.25, 0.3) is 0 Å². The molecule has 1 rings (SSSR count). The number of nitrogens with one attached hydrogen (secondary N) is 1. The Kier molecular flexibility index (Phi) is 5.26. The normalized spacial score (nSPS) is 22.4. The smallest absolute Gasteiger partial charge is 0.310 e. The minimum absolute atomic E-state index is 0.535. The Balaban J connectivity index is 2.39. The summed E-state index contributed by atoms with van der Waals surface area (Å²) < 4.78 is 0. The third-order valence-electron chi connectivity index (χ3n) is 3.93. The van der Waals surface area contributed by atoms with Gasteiger partial charge in [-0.15, -0.1) is 0 Å². The molecule has 0 aromatic heterocycles. The van der Waals surface area contributed by atoms with Gasteiger partial charge in [-0.2, -0.15) is 0 Å². The van der Waals surface area contributed by atoms with Gasteiger partial charge in [0.05, 0.1) is 5.41 Å². The van der Waals surface area contributed by atoms with Crippen molar-refractivity contribution in [3.63, 3.8) is 0 Å². The fourth-order valence-corrected chi connectivity index (χ4v) is 2.20. The van der Waals surface area contributed by atoms with Crippen LogP contribution in [-0.4, -0.2) is 23.7 Å². The Morgan fingerprint density at radius 2 is 1.88 bits per heavy atom. The van der Waals surface area contributed by atoms with Gasteiger partial charge in [-0.1, -0.05) is 32.6 Å². The van der Waals surface area contributed by atoms with Gasteiger partial charge in [0, 0.05) is 12.6 Å². The van der Waals surface area contributed by atoms with Crippen molar-refractivity contribution < 1.29 is 9.90 Å². The number of aliphatic carboxylic acids is 1. The molecular formula is C13H25NO2. The van der Waals surface area contributed by atoms with Gasteiger partial charge in [0.25, 0.3) is 0 Å². The molecule has 3 heteroatoms. The highest BCUT2D eigenvalue weighted by atomic mass is 16.4. The second-order valence-corrected chi connectivity index (χ2v) is 5.29. The van der Waals surface area contributed by atoms with Gasteiger partial charge in [0.1, 0.15) is 0 Å². The quantitative estimate of drug-likeness (QED) is 0.710. The molecule has 1 saturated carbocycles. The first-order chi connectivity index (χ1) is 7.58. The van der Waals surface area contributed by atoms with Crippen molar-refractivity contribution in [2.75, 3.05) is 6.54 Å². The molecule has 1 aliphatic rings. The fourth-order valence-electron chi connectivity index (χ4n) is 2.20. The Hall–Kier alpha value is -0.570. The monoisotopic (exact) mass is 227 g/mol. The molecule has 1 unspecified atom stereocenters. The molecule has 0 aromatic carbocycles. The summed E-state index contributed by atoms with van der Waals surface area (Å²) in [6.07, 6.45) is 8.34. The third-order valence-corrected chi connectivity index (χ3v) is 3.93. The van der Waals surface area contributed by atoms with Crippen LogP contribution in [0.4, 0.5) is 0 Å². The molecule has 2 N–H and O–H groups in total. The lowest BCUT2D eigenvalue weighted by atomic mass is 9.87. The van der Waals surface area contributed by atoms with E-state index >= 15 is 0 Å². The highest BCUT2D eigenvalue weighted by Crippen LogP contribution is 2.22. The van der Waals surface area contributed by atoms with Crippen molar-refractivity contribution in [1.82, 2.24) is 5.32 Å². The second-order valence-electron chi connectivity index (χ2n) is 5.29. The van der Waals surface area contributed by atoms with E-state index in [1.807, 2.05) is 13.8 Å². The van der Waals surface area contributed by atoms with Crippen LogP contribution in [0.1, 0.15) is 58.8 Å². The van der Waals surface area contributed by atoms with Gasteiger partial charge < -0.3 is 10.4 Å². The lowest BCUT2D eigenvalue weighted by molar-refractivity contribution is -0.147. The summed E-state index contributed by atoms with van der Waals surface area (Å²) in [6, 6.07) is 0.535. The molecule has 0 heterocycles. The number of carboxylic acids is 1. The maximum atomic E-state index is 11.2. The molecule has 0 bridgehead atoms. The van der Waals surface area contributed by atoms with Crippen molar-refractivity contribution >= 4 is 5.97 Å². The summed E-state index contributed by atoms with van der Waals surface area (Å²) in [4.78, 5) is 11.2. The van der Waals surface area contributed by atoms with Gasteiger partial charge in [0.15, 0.2) is 0 Å². The molecule has 0 aromatic rings. The molecule has 0 radical (unpaired) electrons. The average molecular weight is 227 g/mol. The summed E-state index contributed by atoms with van der Waals surface area (Å²) in [5, 5.41) is 12.6. The van der Waals surface area contributed by atoms with E-state index in [1.54, 1.807) is 0 Å². The maximum absolute atomic E-state index is 11.2. The highest BCUT2D eigenvalue weighted by molar-refractivity contribution is 5.74. The van der Waals surface area contributed by atoms with Crippen LogP contribution >= 0.6 is 0 Å². The van der Waals surface area contributed by atoms with Crippen LogP contribution in [0.2, 0.25) is 0 Å². The predicted molar refractivity (Wildman–Crippen MR) is 65.5 cm³/mol. The van der Waals surface area contributed by atoms with Crippen LogP contribution in [0, 0.1) is 5.41 Å². The molecule has 1 fully saturated rings. The number of hydrogen-bond acceptors (Lipinski definition) is 2. The van der Waals surface area contributed by atoms with Gasteiger partial charge in [-0.05, 0) is 26.2 Å². The standard InChI is InChI=1S/C13H25NO2/c1-3-13(2,12(15)16)10-14-11-8-6-4-5-7-9-11/h11,14H,3-10H2,1-2H3,(H,15,16). The molecular weight excluding hydrogens is 202 g/mol. The maximum Gasteiger partial charge on any atom is 0.310 e. The van der Waals surface area contributed by atoms with Crippen LogP contribution in [-0.2, 0) is 4.79 Å². The molecule has 0 saturated heterocycles. The van der Waals surface area contributed by atoms with E-state index in [4.69, 9.17) is 0 Å². The Morgan fingerprint density at radius 1 is 1.31 bits per heavy atom. The number of carboxylic acid groups (broad SMARTS) is 1. The largest absolute Gasteiger partial charge is 0.481 e. The summed E-state index contributed by atoms with van der Waals surface area (Å²) in [5.74, 6) is -0.684. The van der Waals surface area contributed by atoms with Crippen LogP contribution in [0.3, 0.4) is 0 Å². The lowest BCUT2D eigenvalue weighted by Gasteiger charge is -2.26. The molecule has 1 aliphatic carbocycles. The Morgan fingerprint density at radius 3 is 2.31 bits per heavy atom. The van der Waals surface area contributed by atoms with E-state index in [0.29, 0.717) is 19.0 Å². The first kappa shape index (κ1) is 13.5. The number of hydrogen-bond donors (Lipinski definition) is 2. The number of rotatable bonds is 5. The predicted octanol–water partition coefficient (Wildman–Crippen LogP) is 2.80. The van der Waals surface area contributed by atoms with Gasteiger partial charge in [0.2, 0.25) is 0 Å². The number of carbonyl (C=O) groups is 1. The minimum Gasteiger partial charge on any atom is -0.481 e. The Bertz CT molecular complexity index is 222. The van der Waals surface area contributed by atoms with E-state index in [1.165, 1.54) is 38.5 Å². The molecule has 94 valence electrons. The van der Waals surface area contributed by atoms with E-state index in [2.05, 4.69) is 5.32 Å². The highest BCUT2D eigenvalue weighted by Gasteiger charge is 2.31. The van der Waals surface area contributed by atoms with E-state index in [9.17, 15) is 9.90 Å². The van der Waals surface area contributed by atoms with Crippen molar-refractivity contribution in [2.45, 2.75) is 64.8 Å². The molecule has 3 nitrogen and oxygen atoms in total. The second kappa shape index (κ2) is 6.24.